The van der Waals surface area contributed by atoms with Gasteiger partial charge in [-0.2, -0.15) is 0 Å². The third-order valence-electron chi connectivity index (χ3n) is 6.36. The number of ether oxygens (including phenoxy) is 2. The number of hydrogen-bond donors (Lipinski definition) is 3. The lowest BCUT2D eigenvalue weighted by atomic mass is 9.98. The van der Waals surface area contributed by atoms with Crippen LogP contribution in [0.3, 0.4) is 0 Å². The van der Waals surface area contributed by atoms with E-state index in [1.807, 2.05) is 26.0 Å². The van der Waals surface area contributed by atoms with Gasteiger partial charge < -0.3 is 30.1 Å². The SMILES string of the molecule is CC(=O)NC[C@H]1CN(c2ccc(NC3=CC=C(N4CCOCC4)C(O)C=C3C(C)C)c(F)c2)C(=O)O1. The number of aliphatic hydroxyl groups is 1. The standard InChI is InChI=1S/C26H33FN4O5/c1-16(2)20-13-25(33)24(30-8-10-35-11-9-30)7-6-22(20)29-23-5-4-18(12-21(23)27)31-15-19(36-26(31)34)14-28-17(3)32/h4-7,12-13,16,19,25,29,33H,8-11,14-15H2,1-3H3,(H,28,32)/t19-,25?/m0/s1. The molecule has 1 aromatic rings. The van der Waals surface area contributed by atoms with Crippen LogP contribution in [-0.4, -0.2) is 73.6 Å². The zero-order chi connectivity index (χ0) is 25.8. The van der Waals surface area contributed by atoms with Crippen molar-refractivity contribution in [2.24, 2.45) is 5.92 Å². The van der Waals surface area contributed by atoms with E-state index in [0.717, 1.165) is 11.3 Å². The van der Waals surface area contributed by atoms with Gasteiger partial charge in [0.05, 0.1) is 37.7 Å². The molecule has 0 spiro atoms. The predicted octanol–water partition coefficient (Wildman–Crippen LogP) is 2.76. The van der Waals surface area contributed by atoms with Crippen LogP contribution in [0, 0.1) is 11.7 Å². The number of benzene rings is 1. The number of cyclic esters (lactones) is 1. The second-order valence-electron chi connectivity index (χ2n) is 9.34. The number of hydrogen-bond acceptors (Lipinski definition) is 7. The fourth-order valence-corrected chi connectivity index (χ4v) is 4.45. The van der Waals surface area contributed by atoms with Crippen molar-refractivity contribution in [1.82, 2.24) is 10.2 Å². The number of aliphatic hydroxyl groups excluding tert-OH is 1. The highest BCUT2D eigenvalue weighted by Gasteiger charge is 2.33. The minimum Gasteiger partial charge on any atom is -0.442 e. The topological polar surface area (TPSA) is 103 Å². The van der Waals surface area contributed by atoms with Crippen molar-refractivity contribution in [3.05, 3.63) is 59.2 Å². The Kier molecular flexibility index (Phi) is 7.95. The minimum atomic E-state index is -0.783. The summed E-state index contributed by atoms with van der Waals surface area (Å²) in [5.41, 5.74) is 2.96. The van der Waals surface area contributed by atoms with Gasteiger partial charge in [0, 0.05) is 31.4 Å². The Labute approximate surface area is 210 Å². The van der Waals surface area contributed by atoms with Gasteiger partial charge in [0.2, 0.25) is 5.91 Å². The number of nitrogens with zero attached hydrogens (tertiary/aromatic N) is 2. The fraction of sp³-hybridized carbons (Fsp3) is 0.462. The van der Waals surface area contributed by atoms with E-state index < -0.39 is 24.1 Å². The molecule has 4 rings (SSSR count). The summed E-state index contributed by atoms with van der Waals surface area (Å²) in [6.07, 6.45) is 3.67. The lowest BCUT2D eigenvalue weighted by molar-refractivity contribution is -0.119. The van der Waals surface area contributed by atoms with Crippen molar-refractivity contribution < 1.29 is 28.6 Å². The quantitative estimate of drug-likeness (QED) is 0.529. The van der Waals surface area contributed by atoms with Gasteiger partial charge in [0.15, 0.2) is 0 Å². The number of anilines is 2. The molecule has 0 aromatic heterocycles. The summed E-state index contributed by atoms with van der Waals surface area (Å²) in [4.78, 5) is 26.9. The number of nitrogens with one attached hydrogen (secondary N) is 2. The highest BCUT2D eigenvalue weighted by molar-refractivity contribution is 5.90. The van der Waals surface area contributed by atoms with Crippen LogP contribution in [0.5, 0.6) is 0 Å². The van der Waals surface area contributed by atoms with Crippen LogP contribution in [0.25, 0.3) is 0 Å². The molecule has 2 atom stereocenters. The maximum Gasteiger partial charge on any atom is 0.414 e. The molecule has 36 heavy (non-hydrogen) atoms. The fourth-order valence-electron chi connectivity index (χ4n) is 4.45. The average Bonchev–Trinajstić information content (AvgIpc) is 3.13. The van der Waals surface area contributed by atoms with Crippen molar-refractivity contribution >= 4 is 23.4 Å². The molecular weight excluding hydrogens is 467 g/mol. The van der Waals surface area contributed by atoms with E-state index in [2.05, 4.69) is 15.5 Å². The summed E-state index contributed by atoms with van der Waals surface area (Å²) in [5, 5.41) is 16.7. The van der Waals surface area contributed by atoms with Crippen LogP contribution < -0.4 is 15.5 Å². The van der Waals surface area contributed by atoms with Gasteiger partial charge in [-0.05, 0) is 47.9 Å². The van der Waals surface area contributed by atoms with Crippen molar-refractivity contribution in [3.8, 4) is 0 Å². The number of carbonyl (C=O) groups is 2. The van der Waals surface area contributed by atoms with Crippen molar-refractivity contribution in [1.29, 1.82) is 0 Å². The zero-order valence-electron chi connectivity index (χ0n) is 20.8. The van der Waals surface area contributed by atoms with Gasteiger partial charge in [0.25, 0.3) is 0 Å². The Bertz CT molecular complexity index is 1090. The van der Waals surface area contributed by atoms with E-state index in [0.29, 0.717) is 37.7 Å². The van der Waals surface area contributed by atoms with Crippen LogP contribution in [0.15, 0.2) is 53.4 Å². The van der Waals surface area contributed by atoms with Crippen molar-refractivity contribution in [3.63, 3.8) is 0 Å². The first-order chi connectivity index (χ1) is 17.2. The monoisotopic (exact) mass is 500 g/mol. The normalized spacial score (nSPS) is 22.5. The molecule has 2 amide bonds. The van der Waals surface area contributed by atoms with Crippen molar-refractivity contribution in [2.45, 2.75) is 33.0 Å². The van der Waals surface area contributed by atoms with Crippen LogP contribution in [0.1, 0.15) is 20.8 Å². The Morgan fingerprint density at radius 3 is 2.67 bits per heavy atom. The molecular formula is C26H33FN4O5. The van der Waals surface area contributed by atoms with Gasteiger partial charge in [0.1, 0.15) is 18.0 Å². The van der Waals surface area contributed by atoms with Gasteiger partial charge in [-0.25, -0.2) is 9.18 Å². The Balaban J connectivity index is 1.52. The van der Waals surface area contributed by atoms with E-state index in [-0.39, 0.29) is 30.6 Å². The molecule has 1 unspecified atom stereocenters. The molecule has 0 radical (unpaired) electrons. The van der Waals surface area contributed by atoms with Gasteiger partial charge >= 0.3 is 6.09 Å². The molecule has 9 nitrogen and oxygen atoms in total. The summed E-state index contributed by atoms with van der Waals surface area (Å²) < 4.78 is 25.9. The minimum absolute atomic E-state index is 0.0816. The summed E-state index contributed by atoms with van der Waals surface area (Å²) in [6.45, 7) is 8.45. The van der Waals surface area contributed by atoms with Gasteiger partial charge in [-0.1, -0.05) is 13.8 Å². The van der Waals surface area contributed by atoms with E-state index in [1.165, 1.54) is 17.9 Å². The molecule has 0 bridgehead atoms. The molecule has 2 saturated heterocycles. The Morgan fingerprint density at radius 2 is 2.00 bits per heavy atom. The third kappa shape index (κ3) is 5.88. The van der Waals surface area contributed by atoms with Crippen molar-refractivity contribution in [2.75, 3.05) is 49.6 Å². The number of amides is 2. The zero-order valence-corrected chi connectivity index (χ0v) is 20.8. The van der Waals surface area contributed by atoms with Crippen LogP contribution >= 0.6 is 0 Å². The average molecular weight is 501 g/mol. The molecule has 1 aliphatic carbocycles. The van der Waals surface area contributed by atoms with E-state index in [9.17, 15) is 14.7 Å². The lowest BCUT2D eigenvalue weighted by Gasteiger charge is -2.32. The molecule has 2 fully saturated rings. The second-order valence-corrected chi connectivity index (χ2v) is 9.34. The maximum atomic E-state index is 15.2. The Hall–Kier alpha value is -3.37. The summed E-state index contributed by atoms with van der Waals surface area (Å²) in [6, 6.07) is 4.50. The molecule has 3 aliphatic rings. The van der Waals surface area contributed by atoms with Crippen LogP contribution in [0.2, 0.25) is 0 Å². The smallest absolute Gasteiger partial charge is 0.414 e. The maximum absolute atomic E-state index is 15.2. The third-order valence-corrected chi connectivity index (χ3v) is 6.36. The first kappa shape index (κ1) is 25.7. The number of morpholine rings is 1. The molecule has 10 heteroatoms. The van der Waals surface area contributed by atoms with E-state index in [1.54, 1.807) is 18.2 Å². The lowest BCUT2D eigenvalue weighted by Crippen LogP contribution is -2.38. The summed E-state index contributed by atoms with van der Waals surface area (Å²) in [5.74, 6) is -0.664. The number of rotatable bonds is 7. The summed E-state index contributed by atoms with van der Waals surface area (Å²) >= 11 is 0. The molecule has 0 saturated carbocycles. The number of allylic oxidation sites excluding steroid dienone is 3. The largest absolute Gasteiger partial charge is 0.442 e. The van der Waals surface area contributed by atoms with E-state index >= 15 is 4.39 Å². The molecule has 3 N–H and O–H groups in total. The van der Waals surface area contributed by atoms with Crippen LogP contribution in [0.4, 0.5) is 20.6 Å². The first-order valence-electron chi connectivity index (χ1n) is 12.2. The highest BCUT2D eigenvalue weighted by Crippen LogP contribution is 2.31. The molecule has 2 aliphatic heterocycles. The van der Waals surface area contributed by atoms with Crippen LogP contribution in [-0.2, 0) is 14.3 Å². The highest BCUT2D eigenvalue weighted by atomic mass is 19.1. The molecule has 194 valence electrons. The molecule has 1 aromatic carbocycles. The van der Waals surface area contributed by atoms with Gasteiger partial charge in [-0.15, -0.1) is 0 Å². The Morgan fingerprint density at radius 1 is 1.25 bits per heavy atom. The second kappa shape index (κ2) is 11.1. The number of carbonyl (C=O) groups excluding carboxylic acids is 2. The predicted molar refractivity (Wildman–Crippen MR) is 134 cm³/mol. The van der Waals surface area contributed by atoms with E-state index in [4.69, 9.17) is 9.47 Å². The number of halogens is 1. The summed E-state index contributed by atoms with van der Waals surface area (Å²) in [7, 11) is 0. The van der Waals surface area contributed by atoms with Gasteiger partial charge in [-0.3, -0.25) is 9.69 Å². The first-order valence-corrected chi connectivity index (χ1v) is 12.2. The molecule has 2 heterocycles.